The molecule has 1 radical (unpaired) electrons. The van der Waals surface area contributed by atoms with Gasteiger partial charge in [-0.1, -0.05) is 80.3 Å². The van der Waals surface area contributed by atoms with Gasteiger partial charge in [-0.25, -0.2) is 0 Å². The normalized spacial score (nSPS) is 12.1. The Kier molecular flexibility index (Phi) is 8.65. The van der Waals surface area contributed by atoms with Crippen molar-refractivity contribution in [2.24, 2.45) is 5.41 Å². The summed E-state index contributed by atoms with van der Waals surface area (Å²) in [5.74, 6) is 0. The molecule has 0 aliphatic rings. The van der Waals surface area contributed by atoms with E-state index >= 15 is 0 Å². The second-order valence-electron chi connectivity index (χ2n) is 12.1. The van der Waals surface area contributed by atoms with Crippen molar-refractivity contribution < 1.29 is 27.3 Å². The zero-order chi connectivity index (χ0) is 33.3. The molecule has 4 aromatic carbocycles. The van der Waals surface area contributed by atoms with Gasteiger partial charge in [0.15, 0.2) is 0 Å². The number of nitrogens with zero attached hydrogens (tertiary/aromatic N) is 3. The molecule has 0 fully saturated rings. The van der Waals surface area contributed by atoms with Crippen LogP contribution in [0, 0.1) is 17.5 Å². The van der Waals surface area contributed by atoms with Crippen LogP contribution in [0.2, 0.25) is 0 Å². The molecule has 5 heteroatoms. The maximum Gasteiger partial charge on any atom is 0.121 e. The standard InChI is InChI=1S/C31H25N2O.C11H8N.Ir/c1-31(2,3)18-20-11-12-27(33-19-20)23-13-14-32-28(16-23)25-10-6-9-24-26-15-21-7-4-5-8-22(21)17-29(26)34-30(24)25;1-2-6-10(7-3-1)11-8-4-5-9-12-11;/h4-9,11-17,19H,18H2,1-3H3;1-6,8-9H;/q2*-1;/i18D2;;. The molecular weight excluding hydrogens is 755 g/mol. The van der Waals surface area contributed by atoms with Gasteiger partial charge in [0.05, 0.1) is 11.3 Å². The summed E-state index contributed by atoms with van der Waals surface area (Å²) in [7, 11) is 0. The van der Waals surface area contributed by atoms with Crippen LogP contribution >= 0.6 is 0 Å². The molecule has 0 unspecified atom stereocenters. The fraction of sp³-hybridized carbons (Fsp3) is 0.119. The first kappa shape index (κ1) is 29.4. The van der Waals surface area contributed by atoms with E-state index in [0.29, 0.717) is 5.56 Å². The van der Waals surface area contributed by atoms with Crippen LogP contribution in [0.5, 0.6) is 0 Å². The number of hydrogen-bond acceptors (Lipinski definition) is 4. The number of pyridine rings is 3. The van der Waals surface area contributed by atoms with E-state index in [1.54, 1.807) is 18.6 Å². The summed E-state index contributed by atoms with van der Waals surface area (Å²) in [6, 6.07) is 44.2. The van der Waals surface area contributed by atoms with E-state index in [1.165, 1.54) is 5.39 Å². The van der Waals surface area contributed by atoms with Crippen LogP contribution in [-0.4, -0.2) is 15.0 Å². The summed E-state index contributed by atoms with van der Waals surface area (Å²) in [6.07, 6.45) is 3.70. The van der Waals surface area contributed by atoms with E-state index in [4.69, 9.17) is 7.16 Å². The molecule has 0 atom stereocenters. The second kappa shape index (κ2) is 13.8. The van der Waals surface area contributed by atoms with Crippen molar-refractivity contribution in [3.8, 4) is 33.8 Å². The van der Waals surface area contributed by atoms with Crippen LogP contribution in [0.1, 0.15) is 29.1 Å². The predicted octanol–water partition coefficient (Wildman–Crippen LogP) is 10.8. The van der Waals surface area contributed by atoms with Gasteiger partial charge in [-0.05, 0) is 75.4 Å². The first-order chi connectivity index (χ1) is 23.2. The molecule has 0 aliphatic carbocycles. The number of hydrogen-bond donors (Lipinski definition) is 0. The van der Waals surface area contributed by atoms with Gasteiger partial charge in [0.1, 0.15) is 5.58 Å². The summed E-state index contributed by atoms with van der Waals surface area (Å²) in [5, 5.41) is 4.41. The van der Waals surface area contributed by atoms with Gasteiger partial charge in [-0.2, -0.15) is 0 Å². The van der Waals surface area contributed by atoms with Crippen molar-refractivity contribution in [1.82, 2.24) is 15.0 Å². The third-order valence-electron chi connectivity index (χ3n) is 7.54. The maximum absolute atomic E-state index is 8.51. The van der Waals surface area contributed by atoms with E-state index in [0.717, 1.165) is 61.1 Å². The van der Waals surface area contributed by atoms with E-state index in [-0.39, 0.29) is 20.1 Å². The molecule has 0 amide bonds. The number of aromatic nitrogens is 3. The van der Waals surface area contributed by atoms with Crippen molar-refractivity contribution in [1.29, 1.82) is 0 Å². The van der Waals surface area contributed by atoms with E-state index in [9.17, 15) is 0 Å². The largest absolute Gasteiger partial charge is 0.501 e. The summed E-state index contributed by atoms with van der Waals surface area (Å²) < 4.78 is 23.4. The van der Waals surface area contributed by atoms with Crippen molar-refractivity contribution in [3.63, 3.8) is 0 Å². The molecule has 0 bridgehead atoms. The average molecular weight is 790 g/mol. The maximum atomic E-state index is 8.51. The minimum Gasteiger partial charge on any atom is -0.501 e. The van der Waals surface area contributed by atoms with Crippen molar-refractivity contribution in [3.05, 3.63) is 152 Å². The summed E-state index contributed by atoms with van der Waals surface area (Å²) >= 11 is 0. The minimum absolute atomic E-state index is 0. The molecular formula is C42H33IrN3O-2. The number of furan rings is 1. The zero-order valence-electron chi connectivity index (χ0n) is 28.3. The van der Waals surface area contributed by atoms with Gasteiger partial charge in [0, 0.05) is 46.8 Å². The van der Waals surface area contributed by atoms with Crippen molar-refractivity contribution in [2.75, 3.05) is 0 Å². The Morgan fingerprint density at radius 1 is 0.681 bits per heavy atom. The average Bonchev–Trinajstić information content (AvgIpc) is 3.49. The Hall–Kier alpha value is -4.96. The van der Waals surface area contributed by atoms with Crippen LogP contribution in [0.3, 0.4) is 0 Å². The minimum atomic E-state index is -1.49. The SMILES string of the molecule is [2H]C([2H])(c1ccc(-c2ccnc(-c3[c-]ccc4c3oc3cc5ccccc5cc34)c2)nc1)C(C)(C)C.[Ir].[c-]1ccccc1-c1ccccn1. The van der Waals surface area contributed by atoms with Crippen LogP contribution in [0.4, 0.5) is 0 Å². The molecule has 0 spiro atoms. The van der Waals surface area contributed by atoms with Gasteiger partial charge in [-0.15, -0.1) is 54.1 Å². The van der Waals surface area contributed by atoms with Gasteiger partial charge in [-0.3, -0.25) is 4.98 Å². The van der Waals surface area contributed by atoms with E-state index < -0.39 is 11.8 Å². The predicted molar refractivity (Wildman–Crippen MR) is 188 cm³/mol. The fourth-order valence-electron chi connectivity index (χ4n) is 5.49. The Morgan fingerprint density at radius 2 is 1.47 bits per heavy atom. The number of rotatable bonds is 4. The molecule has 0 saturated carbocycles. The van der Waals surface area contributed by atoms with Crippen LogP contribution < -0.4 is 0 Å². The van der Waals surface area contributed by atoms with Gasteiger partial charge in [0.2, 0.25) is 0 Å². The molecule has 47 heavy (non-hydrogen) atoms. The topological polar surface area (TPSA) is 51.8 Å². The Bertz CT molecular complexity index is 2310. The molecule has 4 aromatic heterocycles. The molecule has 4 nitrogen and oxygen atoms in total. The first-order valence-corrected chi connectivity index (χ1v) is 15.3. The smallest absolute Gasteiger partial charge is 0.121 e. The van der Waals surface area contributed by atoms with Crippen LogP contribution in [0.15, 0.2) is 138 Å². The fourth-order valence-corrected chi connectivity index (χ4v) is 5.49. The summed E-state index contributed by atoms with van der Waals surface area (Å²) in [6.45, 7) is 5.69. The molecule has 4 heterocycles. The third-order valence-corrected chi connectivity index (χ3v) is 7.54. The monoisotopic (exact) mass is 790 g/mol. The number of fused-ring (bicyclic) bond motifs is 4. The second-order valence-corrected chi connectivity index (χ2v) is 12.1. The molecule has 233 valence electrons. The van der Waals surface area contributed by atoms with Crippen LogP contribution in [-0.2, 0) is 26.5 Å². The van der Waals surface area contributed by atoms with Gasteiger partial charge in [0.25, 0.3) is 0 Å². The van der Waals surface area contributed by atoms with E-state index in [1.807, 2.05) is 112 Å². The first-order valence-electron chi connectivity index (χ1n) is 16.3. The van der Waals surface area contributed by atoms with E-state index in [2.05, 4.69) is 51.4 Å². The molecule has 0 aliphatic heterocycles. The molecule has 0 N–H and O–H groups in total. The number of benzene rings is 4. The van der Waals surface area contributed by atoms with Gasteiger partial charge < -0.3 is 14.4 Å². The Morgan fingerprint density at radius 3 is 2.19 bits per heavy atom. The summed E-state index contributed by atoms with van der Waals surface area (Å²) in [4.78, 5) is 13.4. The molecule has 8 aromatic rings. The van der Waals surface area contributed by atoms with Crippen molar-refractivity contribution >= 4 is 32.7 Å². The Labute approximate surface area is 291 Å². The summed E-state index contributed by atoms with van der Waals surface area (Å²) in [5.41, 5.74) is 6.85. The van der Waals surface area contributed by atoms with Gasteiger partial charge >= 0.3 is 0 Å². The molecule has 0 saturated heterocycles. The quantitative estimate of drug-likeness (QED) is 0.167. The molecule has 8 rings (SSSR count). The zero-order valence-corrected chi connectivity index (χ0v) is 28.7. The Balaban J connectivity index is 0.000000270. The third kappa shape index (κ3) is 7.23. The van der Waals surface area contributed by atoms with Crippen LogP contribution in [0.25, 0.3) is 66.5 Å². The van der Waals surface area contributed by atoms with Crippen molar-refractivity contribution in [2.45, 2.75) is 27.1 Å².